The van der Waals surface area contributed by atoms with Crippen molar-refractivity contribution in [1.82, 2.24) is 25.5 Å². The van der Waals surface area contributed by atoms with E-state index in [1.807, 2.05) is 78.9 Å². The zero-order chi connectivity index (χ0) is 19.9. The van der Waals surface area contributed by atoms with Crippen LogP contribution in [0.1, 0.15) is 17.2 Å². The fraction of sp³-hybridized carbons (Fsp3) is 0.130. The van der Waals surface area contributed by atoms with E-state index < -0.39 is 0 Å². The third kappa shape index (κ3) is 4.93. The third-order valence-electron chi connectivity index (χ3n) is 4.59. The Bertz CT molecular complexity index is 1050. The first-order chi connectivity index (χ1) is 14.3. The van der Waals surface area contributed by atoms with Crippen LogP contribution in [0.2, 0.25) is 0 Å². The van der Waals surface area contributed by atoms with E-state index in [1.54, 1.807) is 0 Å². The first-order valence-electron chi connectivity index (χ1n) is 9.49. The molecule has 0 aliphatic rings. The lowest BCUT2D eigenvalue weighted by Gasteiger charge is -2.19. The lowest BCUT2D eigenvalue weighted by atomic mass is 9.99. The topological polar surface area (TPSA) is 72.7 Å². The Morgan fingerprint density at radius 1 is 0.862 bits per heavy atom. The summed E-state index contributed by atoms with van der Waals surface area (Å²) in [4.78, 5) is 14.0. The van der Waals surface area contributed by atoms with E-state index in [2.05, 4.69) is 32.9 Å². The number of nitrogens with zero attached hydrogens (tertiary/aromatic N) is 4. The normalized spacial score (nSPS) is 11.7. The van der Waals surface area contributed by atoms with Crippen molar-refractivity contribution in [3.8, 4) is 11.4 Å². The molecule has 0 saturated carbocycles. The largest absolute Gasteiger partial charge is 0.347 e. The van der Waals surface area contributed by atoms with Crippen molar-refractivity contribution >= 4 is 5.91 Å². The average molecular weight is 383 g/mol. The monoisotopic (exact) mass is 383 g/mol. The van der Waals surface area contributed by atoms with Gasteiger partial charge in [0.05, 0.1) is 6.04 Å². The smallest absolute Gasteiger partial charge is 0.244 e. The highest BCUT2D eigenvalue weighted by Gasteiger charge is 2.16. The number of hydrogen-bond donors (Lipinski definition) is 1. The fourth-order valence-electron chi connectivity index (χ4n) is 3.17. The summed E-state index contributed by atoms with van der Waals surface area (Å²) in [6, 6.07) is 29.5. The van der Waals surface area contributed by atoms with Crippen molar-refractivity contribution in [2.24, 2.45) is 0 Å². The van der Waals surface area contributed by atoms with Crippen LogP contribution in [0.4, 0.5) is 0 Å². The van der Waals surface area contributed by atoms with Gasteiger partial charge in [-0.25, -0.2) is 0 Å². The number of rotatable bonds is 7. The first kappa shape index (κ1) is 18.6. The van der Waals surface area contributed by atoms with Gasteiger partial charge in [0.1, 0.15) is 6.54 Å². The van der Waals surface area contributed by atoms with Crippen LogP contribution in [0.3, 0.4) is 0 Å². The molecule has 1 aromatic heterocycles. The summed E-state index contributed by atoms with van der Waals surface area (Å²) in [6.07, 6.45) is 0.705. The molecule has 0 radical (unpaired) electrons. The van der Waals surface area contributed by atoms with Gasteiger partial charge in [-0.1, -0.05) is 91.0 Å². The molecular weight excluding hydrogens is 362 g/mol. The van der Waals surface area contributed by atoms with Crippen LogP contribution in [0.25, 0.3) is 11.4 Å². The van der Waals surface area contributed by atoms with Crippen molar-refractivity contribution in [3.63, 3.8) is 0 Å². The highest BCUT2D eigenvalue weighted by molar-refractivity contribution is 5.76. The minimum absolute atomic E-state index is 0.0119. The van der Waals surface area contributed by atoms with E-state index in [9.17, 15) is 4.79 Å². The predicted molar refractivity (Wildman–Crippen MR) is 111 cm³/mol. The molecule has 1 atom stereocenters. The molecule has 0 aliphatic heterocycles. The van der Waals surface area contributed by atoms with Crippen LogP contribution in [0.15, 0.2) is 91.0 Å². The van der Waals surface area contributed by atoms with Gasteiger partial charge in [-0.2, -0.15) is 4.80 Å². The van der Waals surface area contributed by atoms with Gasteiger partial charge in [-0.3, -0.25) is 4.79 Å². The quantitative estimate of drug-likeness (QED) is 0.531. The first-order valence-corrected chi connectivity index (χ1v) is 9.49. The molecule has 4 aromatic rings. The minimum atomic E-state index is -0.160. The van der Waals surface area contributed by atoms with Crippen LogP contribution in [0.5, 0.6) is 0 Å². The number of tetrazole rings is 1. The molecule has 0 aliphatic carbocycles. The van der Waals surface area contributed by atoms with Gasteiger partial charge < -0.3 is 5.32 Å². The predicted octanol–water partition coefficient (Wildman–Crippen LogP) is 3.44. The van der Waals surface area contributed by atoms with Crippen molar-refractivity contribution in [3.05, 3.63) is 102 Å². The summed E-state index contributed by atoms with van der Waals surface area (Å²) >= 11 is 0. The Morgan fingerprint density at radius 2 is 1.48 bits per heavy atom. The maximum absolute atomic E-state index is 12.7. The molecule has 1 N–H and O–H groups in total. The molecular formula is C23H21N5O. The van der Waals surface area contributed by atoms with Gasteiger partial charge in [0.2, 0.25) is 11.7 Å². The lowest BCUT2D eigenvalue weighted by Crippen LogP contribution is -2.33. The Morgan fingerprint density at radius 3 is 2.17 bits per heavy atom. The SMILES string of the molecule is O=C(Cn1nnc(-c2ccccc2)n1)N[C@@H](Cc1ccccc1)c1ccccc1. The molecule has 0 fully saturated rings. The van der Waals surface area contributed by atoms with Gasteiger partial charge in [-0.05, 0) is 22.8 Å². The van der Waals surface area contributed by atoms with Crippen molar-refractivity contribution in [2.75, 3.05) is 0 Å². The Balaban J connectivity index is 1.46. The fourth-order valence-corrected chi connectivity index (χ4v) is 3.17. The number of aromatic nitrogens is 4. The summed E-state index contributed by atoms with van der Waals surface area (Å²) in [5.74, 6) is 0.342. The molecule has 1 amide bonds. The second kappa shape index (κ2) is 8.93. The highest BCUT2D eigenvalue weighted by atomic mass is 16.2. The molecule has 144 valence electrons. The average Bonchev–Trinajstić information content (AvgIpc) is 3.24. The standard InChI is InChI=1S/C23H21N5O/c29-22(17-28-26-23(25-27-28)20-14-8-3-9-15-20)24-21(19-12-6-2-7-13-19)16-18-10-4-1-5-11-18/h1-15,21H,16-17H2,(H,24,29)/t21-/m0/s1. The summed E-state index contributed by atoms with van der Waals surface area (Å²) in [7, 11) is 0. The molecule has 4 rings (SSSR count). The number of nitrogens with one attached hydrogen (secondary N) is 1. The number of carbonyl (C=O) groups is 1. The van der Waals surface area contributed by atoms with E-state index in [0.29, 0.717) is 12.2 Å². The van der Waals surface area contributed by atoms with Gasteiger partial charge in [0.25, 0.3) is 0 Å². The molecule has 0 bridgehead atoms. The van der Waals surface area contributed by atoms with E-state index in [0.717, 1.165) is 16.7 Å². The Hall–Kier alpha value is -3.80. The van der Waals surface area contributed by atoms with Gasteiger partial charge in [0, 0.05) is 5.56 Å². The Kier molecular flexibility index (Phi) is 5.71. The number of carbonyl (C=O) groups excluding carboxylic acids is 1. The maximum Gasteiger partial charge on any atom is 0.244 e. The summed E-state index contributed by atoms with van der Waals surface area (Å²) in [5, 5.41) is 15.5. The zero-order valence-electron chi connectivity index (χ0n) is 15.8. The molecule has 3 aromatic carbocycles. The molecule has 0 unspecified atom stereocenters. The lowest BCUT2D eigenvalue weighted by molar-refractivity contribution is -0.122. The van der Waals surface area contributed by atoms with Gasteiger partial charge in [-0.15, -0.1) is 10.2 Å². The van der Waals surface area contributed by atoms with Crippen molar-refractivity contribution in [1.29, 1.82) is 0 Å². The van der Waals surface area contributed by atoms with E-state index >= 15 is 0 Å². The second-order valence-corrected chi connectivity index (χ2v) is 6.73. The molecule has 6 nitrogen and oxygen atoms in total. The van der Waals surface area contributed by atoms with Crippen LogP contribution in [-0.4, -0.2) is 26.1 Å². The van der Waals surface area contributed by atoms with Gasteiger partial charge in [0.15, 0.2) is 0 Å². The molecule has 1 heterocycles. The summed E-state index contributed by atoms with van der Waals surface area (Å²) in [5.41, 5.74) is 3.08. The van der Waals surface area contributed by atoms with Crippen LogP contribution in [0, 0.1) is 0 Å². The minimum Gasteiger partial charge on any atom is -0.347 e. The van der Waals surface area contributed by atoms with Crippen molar-refractivity contribution in [2.45, 2.75) is 19.0 Å². The maximum atomic E-state index is 12.7. The van der Waals surface area contributed by atoms with E-state index in [1.165, 1.54) is 4.80 Å². The van der Waals surface area contributed by atoms with Gasteiger partial charge >= 0.3 is 0 Å². The van der Waals surface area contributed by atoms with Crippen LogP contribution in [-0.2, 0) is 17.8 Å². The summed E-state index contributed by atoms with van der Waals surface area (Å²) < 4.78 is 0. The van der Waals surface area contributed by atoms with E-state index in [4.69, 9.17) is 0 Å². The zero-order valence-corrected chi connectivity index (χ0v) is 15.8. The third-order valence-corrected chi connectivity index (χ3v) is 4.59. The molecule has 29 heavy (non-hydrogen) atoms. The molecule has 0 saturated heterocycles. The van der Waals surface area contributed by atoms with Crippen molar-refractivity contribution < 1.29 is 4.79 Å². The number of amides is 1. The van der Waals surface area contributed by atoms with Crippen LogP contribution < -0.4 is 5.32 Å². The highest BCUT2D eigenvalue weighted by Crippen LogP contribution is 2.18. The second-order valence-electron chi connectivity index (χ2n) is 6.73. The summed E-state index contributed by atoms with van der Waals surface area (Å²) in [6.45, 7) is 0.0119. The Labute approximate surface area is 169 Å². The van der Waals surface area contributed by atoms with E-state index in [-0.39, 0.29) is 18.5 Å². The number of hydrogen-bond acceptors (Lipinski definition) is 4. The number of benzene rings is 3. The molecule has 6 heteroatoms. The van der Waals surface area contributed by atoms with Crippen LogP contribution >= 0.6 is 0 Å². The molecule has 0 spiro atoms.